The van der Waals surface area contributed by atoms with Crippen molar-refractivity contribution < 1.29 is 0 Å². The molecule has 0 bridgehead atoms. The fourth-order valence-electron chi connectivity index (χ4n) is 7.77. The number of nitrogens with zero attached hydrogens (tertiary/aromatic N) is 4. The molecule has 3 heterocycles. The van der Waals surface area contributed by atoms with Gasteiger partial charge >= 0.3 is 0 Å². The van der Waals surface area contributed by atoms with E-state index in [1.807, 2.05) is 6.07 Å². The molecule has 4 heteroatoms. The van der Waals surface area contributed by atoms with Crippen LogP contribution in [0.2, 0.25) is 0 Å². The van der Waals surface area contributed by atoms with Crippen LogP contribution in [0.4, 0.5) is 17.1 Å². The van der Waals surface area contributed by atoms with E-state index in [4.69, 9.17) is 9.97 Å². The minimum atomic E-state index is 0.757. The summed E-state index contributed by atoms with van der Waals surface area (Å²) in [6.07, 6.45) is 13.2. The van der Waals surface area contributed by atoms with Gasteiger partial charge in [-0.05, 0) is 73.0 Å². The molecule has 0 spiro atoms. The Bertz CT molecular complexity index is 2730. The van der Waals surface area contributed by atoms with Gasteiger partial charge in [-0.1, -0.05) is 127 Å². The van der Waals surface area contributed by atoms with Gasteiger partial charge in [-0.25, -0.2) is 9.97 Å². The lowest BCUT2D eigenvalue weighted by molar-refractivity contribution is 1.03. The molecule has 0 amide bonds. The highest BCUT2D eigenvalue weighted by molar-refractivity contribution is 6.16. The molecule has 4 nitrogen and oxygen atoms in total. The second kappa shape index (κ2) is 12.5. The molecule has 1 aliphatic heterocycles. The zero-order chi connectivity index (χ0) is 34.4. The van der Waals surface area contributed by atoms with E-state index in [0.29, 0.717) is 0 Å². The second-order valence-corrected chi connectivity index (χ2v) is 13.3. The molecule has 0 atom stereocenters. The lowest BCUT2D eigenvalue weighted by atomic mass is 10.0. The van der Waals surface area contributed by atoms with Crippen LogP contribution in [0, 0.1) is 0 Å². The number of aromatic nitrogens is 3. The van der Waals surface area contributed by atoms with Crippen LogP contribution in [0.3, 0.4) is 0 Å². The molecule has 0 radical (unpaired) electrons. The second-order valence-electron chi connectivity index (χ2n) is 13.3. The molecule has 52 heavy (non-hydrogen) atoms. The Balaban J connectivity index is 1.18. The van der Waals surface area contributed by atoms with Gasteiger partial charge in [-0.15, -0.1) is 0 Å². The predicted octanol–water partition coefficient (Wildman–Crippen LogP) is 12.6. The van der Waals surface area contributed by atoms with E-state index < -0.39 is 0 Å². The van der Waals surface area contributed by atoms with Crippen molar-refractivity contribution in [2.45, 2.75) is 12.8 Å². The largest absolute Gasteiger partial charge is 0.309 e. The van der Waals surface area contributed by atoms with Gasteiger partial charge in [0.1, 0.15) is 0 Å². The van der Waals surface area contributed by atoms with E-state index in [0.717, 1.165) is 80.5 Å². The monoisotopic (exact) mass is 666 g/mol. The Kier molecular flexibility index (Phi) is 7.24. The smallest absolute Gasteiger partial charge is 0.160 e. The third-order valence-corrected chi connectivity index (χ3v) is 10.2. The number of anilines is 3. The van der Waals surface area contributed by atoms with Crippen LogP contribution in [-0.2, 0) is 0 Å². The molecular formula is C48H34N4. The van der Waals surface area contributed by atoms with Gasteiger partial charge in [0.15, 0.2) is 5.82 Å². The van der Waals surface area contributed by atoms with Gasteiger partial charge in [-0.3, -0.25) is 0 Å². The van der Waals surface area contributed by atoms with Crippen molar-refractivity contribution in [1.29, 1.82) is 0 Å². The van der Waals surface area contributed by atoms with Crippen molar-refractivity contribution in [1.82, 2.24) is 14.5 Å². The number of hydrogen-bond donors (Lipinski definition) is 0. The minimum Gasteiger partial charge on any atom is -0.309 e. The van der Waals surface area contributed by atoms with Crippen molar-refractivity contribution >= 4 is 56.6 Å². The van der Waals surface area contributed by atoms with E-state index in [9.17, 15) is 0 Å². The van der Waals surface area contributed by atoms with E-state index in [1.165, 1.54) is 21.9 Å². The average molecular weight is 667 g/mol. The molecule has 10 rings (SSSR count). The van der Waals surface area contributed by atoms with Gasteiger partial charge in [0.25, 0.3) is 0 Å². The maximum atomic E-state index is 5.17. The summed E-state index contributed by atoms with van der Waals surface area (Å²) in [4.78, 5) is 12.6. The molecule has 0 unspecified atom stereocenters. The molecule has 2 aliphatic rings. The summed E-state index contributed by atoms with van der Waals surface area (Å²) in [5.74, 6) is 0.757. The van der Waals surface area contributed by atoms with Crippen LogP contribution in [0.1, 0.15) is 29.8 Å². The molecule has 0 fully saturated rings. The Morgan fingerprint density at radius 1 is 0.500 bits per heavy atom. The van der Waals surface area contributed by atoms with E-state index >= 15 is 0 Å². The minimum absolute atomic E-state index is 0.757. The highest BCUT2D eigenvalue weighted by atomic mass is 15.1. The maximum absolute atomic E-state index is 5.17. The van der Waals surface area contributed by atoms with Crippen molar-refractivity contribution in [2.24, 2.45) is 0 Å². The fourth-order valence-corrected chi connectivity index (χ4v) is 7.77. The summed E-state index contributed by atoms with van der Waals surface area (Å²) in [7, 11) is 0. The molecule has 246 valence electrons. The average Bonchev–Trinajstić information content (AvgIpc) is 3.46. The zero-order valence-electron chi connectivity index (χ0n) is 28.5. The number of para-hydroxylation sites is 3. The molecule has 1 aliphatic carbocycles. The van der Waals surface area contributed by atoms with E-state index in [1.54, 1.807) is 0 Å². The molecule has 0 N–H and O–H groups in total. The Morgan fingerprint density at radius 3 is 2.08 bits per heavy atom. The third kappa shape index (κ3) is 5.07. The van der Waals surface area contributed by atoms with Crippen LogP contribution in [0.15, 0.2) is 170 Å². The maximum Gasteiger partial charge on any atom is 0.160 e. The van der Waals surface area contributed by atoms with Crippen molar-refractivity contribution in [3.8, 4) is 28.2 Å². The van der Waals surface area contributed by atoms with E-state index in [2.05, 4.69) is 185 Å². The summed E-state index contributed by atoms with van der Waals surface area (Å²) in [6, 6.07) is 54.0. The van der Waals surface area contributed by atoms with Crippen LogP contribution in [0.25, 0.3) is 67.7 Å². The Hall–Kier alpha value is -6.78. The van der Waals surface area contributed by atoms with Crippen LogP contribution < -0.4 is 4.90 Å². The number of benzene rings is 6. The van der Waals surface area contributed by atoms with Crippen molar-refractivity contribution in [2.75, 3.05) is 4.90 Å². The van der Waals surface area contributed by atoms with Gasteiger partial charge < -0.3 is 9.47 Å². The van der Waals surface area contributed by atoms with Crippen molar-refractivity contribution in [3.05, 3.63) is 187 Å². The summed E-state index contributed by atoms with van der Waals surface area (Å²) < 4.78 is 2.40. The highest BCUT2D eigenvalue weighted by Gasteiger charge is 2.24. The fraction of sp³-hybridized carbons (Fsp3) is 0.0417. The first-order valence-electron chi connectivity index (χ1n) is 17.9. The first kappa shape index (κ1) is 30.1. The normalized spacial score (nSPS) is 13.5. The SMILES string of the molecule is C1=CC(c2nc(-c3ccccc3)cc(-c3cccc(-n4c5ccccc5c5c6c(ccc54)N(c4ccccc4)c4ccccc4C=C6)c3)n2)=CCC1. The van der Waals surface area contributed by atoms with E-state index in [-0.39, 0.29) is 0 Å². The summed E-state index contributed by atoms with van der Waals surface area (Å²) >= 11 is 0. The standard InChI is InChI=1S/C48H34N4/c1-4-15-33(16-5-1)41-32-42(50-48(49-41)35-18-6-2-7-19-35)36-20-14-23-38(31-36)52-44-26-13-11-24-39(44)47-40-28-27-34-17-10-12-25-43(34)51(37-21-8-3-9-22-37)45(40)29-30-46(47)52/h1,3-6,8-32H,2,7H2. The van der Waals surface area contributed by atoms with Crippen molar-refractivity contribution in [3.63, 3.8) is 0 Å². The number of allylic oxidation sites excluding steroid dienone is 4. The molecule has 6 aromatic carbocycles. The summed E-state index contributed by atoms with van der Waals surface area (Å²) in [5.41, 5.74) is 14.3. The Morgan fingerprint density at radius 2 is 1.23 bits per heavy atom. The summed E-state index contributed by atoms with van der Waals surface area (Å²) in [5, 5.41) is 2.45. The highest BCUT2D eigenvalue weighted by Crippen LogP contribution is 2.46. The Labute approximate surface area is 303 Å². The zero-order valence-corrected chi connectivity index (χ0v) is 28.5. The van der Waals surface area contributed by atoms with Gasteiger partial charge in [0, 0.05) is 44.4 Å². The number of hydrogen-bond acceptors (Lipinski definition) is 3. The summed E-state index contributed by atoms with van der Waals surface area (Å²) in [6.45, 7) is 0. The topological polar surface area (TPSA) is 34.0 Å². The number of fused-ring (bicyclic) bond motifs is 6. The third-order valence-electron chi connectivity index (χ3n) is 10.2. The quantitative estimate of drug-likeness (QED) is 0.183. The lowest BCUT2D eigenvalue weighted by Gasteiger charge is -2.27. The molecular weight excluding hydrogens is 633 g/mol. The van der Waals surface area contributed by atoms with Crippen LogP contribution in [0.5, 0.6) is 0 Å². The van der Waals surface area contributed by atoms with Gasteiger partial charge in [-0.2, -0.15) is 0 Å². The number of rotatable bonds is 5. The lowest BCUT2D eigenvalue weighted by Crippen LogP contribution is -2.11. The van der Waals surface area contributed by atoms with Gasteiger partial charge in [0.2, 0.25) is 0 Å². The molecule has 0 saturated carbocycles. The molecule has 0 saturated heterocycles. The first-order chi connectivity index (χ1) is 25.8. The van der Waals surface area contributed by atoms with Gasteiger partial charge in [0.05, 0.1) is 33.8 Å². The van der Waals surface area contributed by atoms with Crippen LogP contribution in [-0.4, -0.2) is 14.5 Å². The molecule has 8 aromatic rings. The first-order valence-corrected chi connectivity index (χ1v) is 17.9. The predicted molar refractivity (Wildman–Crippen MR) is 217 cm³/mol. The van der Waals surface area contributed by atoms with Crippen LogP contribution >= 0.6 is 0 Å². The molecule has 2 aromatic heterocycles.